The van der Waals surface area contributed by atoms with Crippen molar-refractivity contribution in [3.05, 3.63) is 23.0 Å². The molecule has 1 aliphatic rings. The lowest BCUT2D eigenvalue weighted by Crippen LogP contribution is -2.48. The van der Waals surface area contributed by atoms with Crippen molar-refractivity contribution in [3.8, 4) is 0 Å². The van der Waals surface area contributed by atoms with Crippen LogP contribution in [0.25, 0.3) is 0 Å². The standard InChI is InChI=1S/C14H23N3O/c1-5-16-6-8-17(9-7-16)14(18)13-10-11(2)15(4)12(13)3/h10H,5-9H2,1-4H3. The van der Waals surface area contributed by atoms with Crippen LogP contribution < -0.4 is 0 Å². The predicted octanol–water partition coefficient (Wildman–Crippen LogP) is 1.42. The topological polar surface area (TPSA) is 28.5 Å². The first kappa shape index (κ1) is 13.1. The smallest absolute Gasteiger partial charge is 0.255 e. The van der Waals surface area contributed by atoms with Crippen molar-refractivity contribution in [2.45, 2.75) is 20.8 Å². The van der Waals surface area contributed by atoms with Gasteiger partial charge >= 0.3 is 0 Å². The molecule has 1 aliphatic heterocycles. The first-order valence-corrected chi connectivity index (χ1v) is 6.69. The van der Waals surface area contributed by atoms with Crippen molar-refractivity contribution >= 4 is 5.91 Å². The van der Waals surface area contributed by atoms with E-state index in [9.17, 15) is 4.79 Å². The van der Waals surface area contributed by atoms with E-state index >= 15 is 0 Å². The Morgan fingerprint density at radius 2 is 1.83 bits per heavy atom. The van der Waals surface area contributed by atoms with E-state index in [4.69, 9.17) is 0 Å². The van der Waals surface area contributed by atoms with E-state index in [1.54, 1.807) is 0 Å². The summed E-state index contributed by atoms with van der Waals surface area (Å²) in [5, 5.41) is 0. The van der Waals surface area contributed by atoms with Gasteiger partial charge in [-0.05, 0) is 26.5 Å². The van der Waals surface area contributed by atoms with Crippen LogP contribution in [0, 0.1) is 13.8 Å². The van der Waals surface area contributed by atoms with Crippen molar-refractivity contribution in [1.82, 2.24) is 14.4 Å². The zero-order chi connectivity index (χ0) is 13.3. The van der Waals surface area contributed by atoms with E-state index in [1.807, 2.05) is 31.9 Å². The summed E-state index contributed by atoms with van der Waals surface area (Å²) in [7, 11) is 2.01. The minimum absolute atomic E-state index is 0.187. The number of likely N-dealkylation sites (N-methyl/N-ethyl adjacent to an activating group) is 1. The lowest BCUT2D eigenvalue weighted by atomic mass is 10.2. The number of rotatable bonds is 2. The number of hydrogen-bond donors (Lipinski definition) is 0. The van der Waals surface area contributed by atoms with Crippen molar-refractivity contribution in [2.24, 2.45) is 7.05 Å². The fraction of sp³-hybridized carbons (Fsp3) is 0.643. The fourth-order valence-corrected chi connectivity index (χ4v) is 2.51. The molecule has 1 aromatic heterocycles. The summed E-state index contributed by atoms with van der Waals surface area (Å²) in [4.78, 5) is 16.8. The van der Waals surface area contributed by atoms with Gasteiger partial charge in [-0.1, -0.05) is 6.92 Å². The Labute approximate surface area is 109 Å². The number of aromatic nitrogens is 1. The summed E-state index contributed by atoms with van der Waals surface area (Å²) >= 11 is 0. The first-order valence-electron chi connectivity index (χ1n) is 6.69. The molecule has 0 radical (unpaired) electrons. The third-order valence-corrected chi connectivity index (χ3v) is 4.11. The summed E-state index contributed by atoms with van der Waals surface area (Å²) in [5.41, 5.74) is 3.07. The molecular formula is C14H23N3O. The third kappa shape index (κ3) is 2.29. The van der Waals surface area contributed by atoms with Crippen LogP contribution in [0.3, 0.4) is 0 Å². The van der Waals surface area contributed by atoms with Gasteiger partial charge in [0.15, 0.2) is 0 Å². The molecule has 1 fully saturated rings. The molecule has 4 nitrogen and oxygen atoms in total. The van der Waals surface area contributed by atoms with E-state index in [-0.39, 0.29) is 5.91 Å². The number of aryl methyl sites for hydroxylation is 1. The molecule has 18 heavy (non-hydrogen) atoms. The van der Waals surface area contributed by atoms with Crippen molar-refractivity contribution in [3.63, 3.8) is 0 Å². The van der Waals surface area contributed by atoms with Gasteiger partial charge in [-0.3, -0.25) is 4.79 Å². The van der Waals surface area contributed by atoms with E-state index in [1.165, 1.54) is 0 Å². The van der Waals surface area contributed by atoms with E-state index < -0.39 is 0 Å². The van der Waals surface area contributed by atoms with E-state index in [0.717, 1.165) is 49.7 Å². The summed E-state index contributed by atoms with van der Waals surface area (Å²) < 4.78 is 2.08. The Morgan fingerprint density at radius 3 is 2.28 bits per heavy atom. The molecule has 2 heterocycles. The normalized spacial score (nSPS) is 17.2. The number of carbonyl (C=O) groups is 1. The Balaban J connectivity index is 2.10. The van der Waals surface area contributed by atoms with Gasteiger partial charge in [0.2, 0.25) is 0 Å². The van der Waals surface area contributed by atoms with Gasteiger partial charge in [-0.25, -0.2) is 0 Å². The summed E-state index contributed by atoms with van der Waals surface area (Å²) in [5.74, 6) is 0.187. The number of amides is 1. The molecule has 1 aromatic rings. The van der Waals surface area contributed by atoms with Crippen LogP contribution in [0.4, 0.5) is 0 Å². The maximum Gasteiger partial charge on any atom is 0.255 e. The van der Waals surface area contributed by atoms with Crippen molar-refractivity contribution in [1.29, 1.82) is 0 Å². The predicted molar refractivity (Wildman–Crippen MR) is 72.9 cm³/mol. The van der Waals surface area contributed by atoms with Gasteiger partial charge in [0.25, 0.3) is 5.91 Å². The van der Waals surface area contributed by atoms with Crippen LogP contribution in [0.2, 0.25) is 0 Å². The molecule has 0 spiro atoms. The monoisotopic (exact) mass is 249 g/mol. The molecule has 4 heteroatoms. The van der Waals surface area contributed by atoms with Gasteiger partial charge in [-0.2, -0.15) is 0 Å². The van der Waals surface area contributed by atoms with Crippen LogP contribution in [0.15, 0.2) is 6.07 Å². The number of nitrogens with zero attached hydrogens (tertiary/aromatic N) is 3. The number of carbonyl (C=O) groups excluding carboxylic acids is 1. The maximum atomic E-state index is 12.5. The molecule has 0 aliphatic carbocycles. The third-order valence-electron chi connectivity index (χ3n) is 4.11. The fourth-order valence-electron chi connectivity index (χ4n) is 2.51. The van der Waals surface area contributed by atoms with Crippen LogP contribution >= 0.6 is 0 Å². The Morgan fingerprint density at radius 1 is 1.22 bits per heavy atom. The van der Waals surface area contributed by atoms with Crippen LogP contribution in [0.1, 0.15) is 28.7 Å². The minimum atomic E-state index is 0.187. The van der Waals surface area contributed by atoms with Gasteiger partial charge in [0.1, 0.15) is 0 Å². The largest absolute Gasteiger partial charge is 0.351 e. The highest BCUT2D eigenvalue weighted by Crippen LogP contribution is 2.16. The van der Waals surface area contributed by atoms with E-state index in [0.29, 0.717) is 0 Å². The summed E-state index contributed by atoms with van der Waals surface area (Å²) in [6.45, 7) is 11.0. The Kier molecular flexibility index (Phi) is 3.76. The van der Waals surface area contributed by atoms with Crippen molar-refractivity contribution in [2.75, 3.05) is 32.7 Å². The second-order valence-corrected chi connectivity index (χ2v) is 5.07. The number of hydrogen-bond acceptors (Lipinski definition) is 2. The molecule has 1 amide bonds. The second-order valence-electron chi connectivity index (χ2n) is 5.07. The second kappa shape index (κ2) is 5.14. The highest BCUT2D eigenvalue weighted by molar-refractivity contribution is 5.95. The SMILES string of the molecule is CCN1CCN(C(=O)c2cc(C)n(C)c2C)CC1. The van der Waals surface area contributed by atoms with Crippen molar-refractivity contribution < 1.29 is 4.79 Å². The van der Waals surface area contributed by atoms with Gasteiger partial charge in [-0.15, -0.1) is 0 Å². The van der Waals surface area contributed by atoms with Crippen LogP contribution in [-0.4, -0.2) is 53.0 Å². The molecule has 0 saturated carbocycles. The molecule has 0 bridgehead atoms. The maximum absolute atomic E-state index is 12.5. The zero-order valence-electron chi connectivity index (χ0n) is 11.9. The van der Waals surface area contributed by atoms with Gasteiger partial charge in [0.05, 0.1) is 5.56 Å². The highest BCUT2D eigenvalue weighted by Gasteiger charge is 2.23. The summed E-state index contributed by atoms with van der Waals surface area (Å²) in [6, 6.07) is 2.00. The van der Waals surface area contributed by atoms with Gasteiger partial charge < -0.3 is 14.4 Å². The first-order chi connectivity index (χ1) is 8.54. The quantitative estimate of drug-likeness (QED) is 0.793. The van der Waals surface area contributed by atoms with Crippen LogP contribution in [0.5, 0.6) is 0 Å². The Hall–Kier alpha value is -1.29. The van der Waals surface area contributed by atoms with Crippen LogP contribution in [-0.2, 0) is 7.05 Å². The minimum Gasteiger partial charge on any atom is -0.351 e. The molecule has 2 rings (SSSR count). The molecule has 0 aromatic carbocycles. The zero-order valence-corrected chi connectivity index (χ0v) is 11.9. The average molecular weight is 249 g/mol. The molecule has 0 N–H and O–H groups in total. The Bertz CT molecular complexity index is 442. The van der Waals surface area contributed by atoms with E-state index in [2.05, 4.69) is 16.4 Å². The molecule has 0 atom stereocenters. The highest BCUT2D eigenvalue weighted by atomic mass is 16.2. The average Bonchev–Trinajstić information content (AvgIpc) is 2.66. The molecular weight excluding hydrogens is 226 g/mol. The lowest BCUT2D eigenvalue weighted by molar-refractivity contribution is 0.0642. The molecule has 0 unspecified atom stereocenters. The number of piperazine rings is 1. The molecule has 1 saturated heterocycles. The summed E-state index contributed by atoms with van der Waals surface area (Å²) in [6.07, 6.45) is 0. The lowest BCUT2D eigenvalue weighted by Gasteiger charge is -2.34. The molecule has 100 valence electrons. The van der Waals surface area contributed by atoms with Gasteiger partial charge in [0, 0.05) is 44.6 Å².